The van der Waals surface area contributed by atoms with Gasteiger partial charge >= 0.3 is 5.97 Å². The van der Waals surface area contributed by atoms with Crippen LogP contribution >= 0.6 is 11.6 Å². The predicted octanol–water partition coefficient (Wildman–Crippen LogP) is 2.88. The highest BCUT2D eigenvalue weighted by Gasteiger charge is 2.27. The number of hydrogen-bond acceptors (Lipinski definition) is 5. The van der Waals surface area contributed by atoms with Crippen molar-refractivity contribution in [3.8, 4) is 0 Å². The fourth-order valence-electron chi connectivity index (χ4n) is 2.48. The summed E-state index contributed by atoms with van der Waals surface area (Å²) < 4.78 is 32.5. The number of halogens is 1. The third-order valence-corrected chi connectivity index (χ3v) is 6.30. The number of nitrogens with zero attached hydrogens (tertiary/aromatic N) is 2. The van der Waals surface area contributed by atoms with Crippen molar-refractivity contribution in [1.29, 1.82) is 0 Å². The van der Waals surface area contributed by atoms with Crippen LogP contribution in [0.3, 0.4) is 0 Å². The van der Waals surface area contributed by atoms with Crippen molar-refractivity contribution in [1.82, 2.24) is 9.21 Å². The minimum Gasteiger partial charge on any atom is -0.465 e. The van der Waals surface area contributed by atoms with Gasteiger partial charge in [-0.15, -0.1) is 0 Å². The standard InChI is InChI=1S/C19H23ClN2O4S/c1-21(2)11-12-22(14-15-7-5-4-6-8-15)27(24,25)18-10-9-16(13-17(18)20)19(23)26-3/h4-10,13H,11-12,14H2,1-3H3. The molecule has 0 aliphatic heterocycles. The molecule has 2 rings (SSSR count). The Bertz CT molecular complexity index is 886. The highest BCUT2D eigenvalue weighted by Crippen LogP contribution is 2.27. The summed E-state index contributed by atoms with van der Waals surface area (Å²) in [7, 11) is 1.16. The first kappa shape index (κ1) is 21.4. The van der Waals surface area contributed by atoms with Gasteiger partial charge in [0.1, 0.15) is 4.90 Å². The first-order valence-corrected chi connectivity index (χ1v) is 10.1. The van der Waals surface area contributed by atoms with Crippen molar-refractivity contribution in [3.63, 3.8) is 0 Å². The van der Waals surface area contributed by atoms with E-state index in [2.05, 4.69) is 4.74 Å². The van der Waals surface area contributed by atoms with E-state index < -0.39 is 16.0 Å². The number of hydrogen-bond donors (Lipinski definition) is 0. The lowest BCUT2D eigenvalue weighted by Crippen LogP contribution is -2.36. The Kier molecular flexibility index (Phi) is 7.38. The van der Waals surface area contributed by atoms with E-state index in [0.717, 1.165) is 5.56 Å². The van der Waals surface area contributed by atoms with Gasteiger partial charge in [0, 0.05) is 19.6 Å². The topological polar surface area (TPSA) is 66.9 Å². The number of likely N-dealkylation sites (N-methyl/N-ethyl adjacent to an activating group) is 1. The Hall–Kier alpha value is -1.93. The molecule has 0 aliphatic rings. The number of benzene rings is 2. The molecular formula is C19H23ClN2O4S. The Morgan fingerprint density at radius 2 is 1.74 bits per heavy atom. The smallest absolute Gasteiger partial charge is 0.337 e. The van der Waals surface area contributed by atoms with Gasteiger partial charge in [0.2, 0.25) is 10.0 Å². The zero-order valence-corrected chi connectivity index (χ0v) is 17.1. The molecule has 2 aromatic rings. The van der Waals surface area contributed by atoms with E-state index in [9.17, 15) is 13.2 Å². The molecule has 27 heavy (non-hydrogen) atoms. The summed E-state index contributed by atoms with van der Waals surface area (Å²) in [5.74, 6) is -0.574. The number of carbonyl (C=O) groups excluding carboxylic acids is 1. The van der Waals surface area contributed by atoms with Crippen molar-refractivity contribution in [3.05, 3.63) is 64.7 Å². The highest BCUT2D eigenvalue weighted by atomic mass is 35.5. The lowest BCUT2D eigenvalue weighted by Gasteiger charge is -2.24. The zero-order chi connectivity index (χ0) is 20.0. The summed E-state index contributed by atoms with van der Waals surface area (Å²) in [6.07, 6.45) is 0. The van der Waals surface area contributed by atoms with Crippen molar-refractivity contribution < 1.29 is 17.9 Å². The van der Waals surface area contributed by atoms with Crippen LogP contribution < -0.4 is 0 Å². The molecule has 8 heteroatoms. The molecule has 0 saturated carbocycles. The Balaban J connectivity index is 2.38. The maximum atomic E-state index is 13.2. The summed E-state index contributed by atoms with van der Waals surface area (Å²) in [6, 6.07) is 13.4. The van der Waals surface area contributed by atoms with Crippen LogP contribution in [0.25, 0.3) is 0 Å². The van der Waals surface area contributed by atoms with Crippen LogP contribution in [-0.4, -0.2) is 57.9 Å². The minimum atomic E-state index is -3.85. The second kappa shape index (κ2) is 9.32. The molecule has 0 spiro atoms. The molecule has 0 aromatic heterocycles. The van der Waals surface area contributed by atoms with Crippen molar-refractivity contribution >= 4 is 27.6 Å². The van der Waals surface area contributed by atoms with Gasteiger partial charge in [0.25, 0.3) is 0 Å². The molecule has 0 bridgehead atoms. The van der Waals surface area contributed by atoms with E-state index in [4.69, 9.17) is 11.6 Å². The van der Waals surface area contributed by atoms with Gasteiger partial charge in [-0.1, -0.05) is 41.9 Å². The molecule has 2 aromatic carbocycles. The molecule has 0 atom stereocenters. The molecule has 0 amide bonds. The van der Waals surface area contributed by atoms with Crippen molar-refractivity contribution in [2.75, 3.05) is 34.3 Å². The van der Waals surface area contributed by atoms with Gasteiger partial charge in [0.15, 0.2) is 0 Å². The number of ether oxygens (including phenoxy) is 1. The zero-order valence-electron chi connectivity index (χ0n) is 15.6. The molecular weight excluding hydrogens is 388 g/mol. The second-order valence-corrected chi connectivity index (χ2v) is 8.58. The number of methoxy groups -OCH3 is 1. The maximum absolute atomic E-state index is 13.2. The monoisotopic (exact) mass is 410 g/mol. The largest absolute Gasteiger partial charge is 0.465 e. The van der Waals surface area contributed by atoms with Crippen molar-refractivity contribution in [2.45, 2.75) is 11.4 Å². The third-order valence-electron chi connectivity index (χ3n) is 3.97. The minimum absolute atomic E-state index is 0.0131. The van der Waals surface area contributed by atoms with E-state index in [0.29, 0.717) is 13.1 Å². The van der Waals surface area contributed by atoms with Crippen LogP contribution in [0.2, 0.25) is 5.02 Å². The van der Waals surface area contributed by atoms with Crippen LogP contribution in [0.1, 0.15) is 15.9 Å². The van der Waals surface area contributed by atoms with E-state index in [1.807, 2.05) is 49.3 Å². The highest BCUT2D eigenvalue weighted by molar-refractivity contribution is 7.89. The van der Waals surface area contributed by atoms with Gasteiger partial charge < -0.3 is 9.64 Å². The van der Waals surface area contributed by atoms with Gasteiger partial charge in [-0.05, 0) is 37.9 Å². The molecule has 0 N–H and O–H groups in total. The first-order valence-electron chi connectivity index (χ1n) is 8.32. The summed E-state index contributed by atoms with van der Waals surface area (Å²) >= 11 is 6.20. The average Bonchev–Trinajstić information content (AvgIpc) is 2.64. The number of esters is 1. The molecule has 6 nitrogen and oxygen atoms in total. The van der Waals surface area contributed by atoms with Gasteiger partial charge in [0.05, 0.1) is 17.7 Å². The van der Waals surface area contributed by atoms with Crippen molar-refractivity contribution in [2.24, 2.45) is 0 Å². The van der Waals surface area contributed by atoms with E-state index >= 15 is 0 Å². The summed E-state index contributed by atoms with van der Waals surface area (Å²) in [6.45, 7) is 1.09. The number of rotatable bonds is 8. The van der Waals surface area contributed by atoms with Gasteiger partial charge in [-0.3, -0.25) is 0 Å². The fourth-order valence-corrected chi connectivity index (χ4v) is 4.41. The molecule has 0 aliphatic carbocycles. The van der Waals surface area contributed by atoms with Crippen LogP contribution in [-0.2, 0) is 21.3 Å². The van der Waals surface area contributed by atoms with Gasteiger partial charge in [-0.25, -0.2) is 13.2 Å². The van der Waals surface area contributed by atoms with E-state index in [-0.39, 0.29) is 22.0 Å². The molecule has 0 fully saturated rings. The van der Waals surface area contributed by atoms with Crippen LogP contribution in [0.4, 0.5) is 0 Å². The molecule has 0 heterocycles. The molecule has 146 valence electrons. The second-order valence-electron chi connectivity index (χ2n) is 6.26. The lowest BCUT2D eigenvalue weighted by atomic mass is 10.2. The first-order chi connectivity index (χ1) is 12.8. The quantitative estimate of drug-likeness (QED) is 0.626. The Morgan fingerprint density at radius 1 is 1.07 bits per heavy atom. The normalized spacial score (nSPS) is 11.8. The third kappa shape index (κ3) is 5.52. The van der Waals surface area contributed by atoms with Crippen LogP contribution in [0, 0.1) is 0 Å². The summed E-state index contributed by atoms with van der Waals surface area (Å²) in [5.41, 5.74) is 1.08. The Morgan fingerprint density at radius 3 is 2.30 bits per heavy atom. The lowest BCUT2D eigenvalue weighted by molar-refractivity contribution is 0.0600. The number of sulfonamides is 1. The summed E-state index contributed by atoms with van der Waals surface area (Å²) in [5, 5.41) is -0.0131. The average molecular weight is 411 g/mol. The van der Waals surface area contributed by atoms with E-state index in [1.54, 1.807) is 0 Å². The number of carbonyl (C=O) groups is 1. The van der Waals surface area contributed by atoms with Gasteiger partial charge in [-0.2, -0.15) is 4.31 Å². The van der Waals surface area contributed by atoms with Crippen LogP contribution in [0.15, 0.2) is 53.4 Å². The predicted molar refractivity (Wildman–Crippen MR) is 105 cm³/mol. The van der Waals surface area contributed by atoms with Crippen LogP contribution in [0.5, 0.6) is 0 Å². The SMILES string of the molecule is COC(=O)c1ccc(S(=O)(=O)N(CCN(C)C)Cc2ccccc2)c(Cl)c1. The molecule has 0 unspecified atom stereocenters. The summed E-state index contributed by atoms with van der Waals surface area (Å²) in [4.78, 5) is 13.5. The molecule has 0 radical (unpaired) electrons. The fraction of sp³-hybridized carbons (Fsp3) is 0.316. The molecule has 0 saturated heterocycles. The Labute approximate surface area is 165 Å². The maximum Gasteiger partial charge on any atom is 0.337 e. The van der Waals surface area contributed by atoms with E-state index in [1.165, 1.54) is 29.6 Å².